The molecular weight excluding hydrogens is 282 g/mol. The fraction of sp³-hybridized carbons (Fsp3) is 0. The summed E-state index contributed by atoms with van der Waals surface area (Å²) < 4.78 is 28.3. The van der Waals surface area contributed by atoms with Crippen molar-refractivity contribution in [2.75, 3.05) is 11.5 Å². The van der Waals surface area contributed by atoms with Gasteiger partial charge in [-0.05, 0) is 47.5 Å². The monoisotopic (exact) mass is 296 g/mol. The first kappa shape index (κ1) is 14.1. The maximum Gasteiger partial charge on any atom is 0.133 e. The fourth-order valence-corrected chi connectivity index (χ4v) is 2.34. The molecule has 0 unspecified atom stereocenters. The number of nitrogen functional groups attached to an aromatic ring is 2. The molecule has 3 aromatic rings. The quantitative estimate of drug-likeness (QED) is 0.686. The van der Waals surface area contributed by atoms with Gasteiger partial charge in [0.2, 0.25) is 0 Å². The van der Waals surface area contributed by atoms with Gasteiger partial charge in [0, 0.05) is 22.5 Å². The summed E-state index contributed by atoms with van der Waals surface area (Å²) in [5.74, 6) is -0.891. The Balaban J connectivity index is 2.03. The van der Waals surface area contributed by atoms with Gasteiger partial charge in [0.1, 0.15) is 11.6 Å². The zero-order valence-electron chi connectivity index (χ0n) is 11.7. The molecule has 0 bridgehead atoms. The zero-order valence-corrected chi connectivity index (χ0v) is 11.7. The van der Waals surface area contributed by atoms with Crippen molar-refractivity contribution in [1.82, 2.24) is 0 Å². The van der Waals surface area contributed by atoms with Gasteiger partial charge < -0.3 is 11.5 Å². The minimum Gasteiger partial charge on any atom is -0.399 e. The summed E-state index contributed by atoms with van der Waals surface area (Å²) in [4.78, 5) is 0. The lowest BCUT2D eigenvalue weighted by Crippen LogP contribution is -1.91. The van der Waals surface area contributed by atoms with Gasteiger partial charge in [0.15, 0.2) is 0 Å². The van der Waals surface area contributed by atoms with Crippen LogP contribution in [0.4, 0.5) is 20.2 Å². The van der Waals surface area contributed by atoms with Crippen molar-refractivity contribution < 1.29 is 8.78 Å². The number of rotatable bonds is 2. The summed E-state index contributed by atoms with van der Waals surface area (Å²) in [6.45, 7) is 0. The van der Waals surface area contributed by atoms with E-state index in [1.165, 1.54) is 12.1 Å². The van der Waals surface area contributed by atoms with E-state index in [2.05, 4.69) is 0 Å². The predicted octanol–water partition coefficient (Wildman–Crippen LogP) is 4.46. The predicted molar refractivity (Wildman–Crippen MR) is 86.1 cm³/mol. The molecule has 0 fully saturated rings. The fourth-order valence-electron chi connectivity index (χ4n) is 2.34. The Kier molecular flexibility index (Phi) is 3.51. The van der Waals surface area contributed by atoms with Crippen molar-refractivity contribution in [3.05, 3.63) is 72.3 Å². The molecule has 0 heterocycles. The Morgan fingerprint density at radius 1 is 0.545 bits per heavy atom. The number of hydrogen-bond acceptors (Lipinski definition) is 2. The van der Waals surface area contributed by atoms with E-state index in [0.29, 0.717) is 28.1 Å². The third kappa shape index (κ3) is 2.63. The third-order valence-electron chi connectivity index (χ3n) is 3.49. The summed E-state index contributed by atoms with van der Waals surface area (Å²) >= 11 is 0. The highest BCUT2D eigenvalue weighted by Crippen LogP contribution is 2.30. The second kappa shape index (κ2) is 5.48. The minimum absolute atomic E-state index is 0.317. The molecule has 0 saturated carbocycles. The van der Waals surface area contributed by atoms with Gasteiger partial charge >= 0.3 is 0 Å². The second-order valence-electron chi connectivity index (χ2n) is 5.06. The molecule has 4 heteroatoms. The van der Waals surface area contributed by atoms with Gasteiger partial charge in [0.05, 0.1) is 0 Å². The van der Waals surface area contributed by atoms with Crippen molar-refractivity contribution >= 4 is 11.4 Å². The third-order valence-corrected chi connectivity index (χ3v) is 3.49. The van der Waals surface area contributed by atoms with E-state index in [9.17, 15) is 8.78 Å². The SMILES string of the molecule is Nc1ccc(-c2ccc(-c3ccc(N)cc3F)cc2F)cc1. The molecule has 0 aliphatic rings. The zero-order chi connectivity index (χ0) is 15.7. The number of halogens is 2. The van der Waals surface area contributed by atoms with Gasteiger partial charge in [0.25, 0.3) is 0 Å². The largest absolute Gasteiger partial charge is 0.399 e. The Morgan fingerprint density at radius 3 is 1.68 bits per heavy atom. The number of benzene rings is 3. The summed E-state index contributed by atoms with van der Waals surface area (Å²) in [6.07, 6.45) is 0. The Bertz CT molecular complexity index is 827. The molecule has 110 valence electrons. The van der Waals surface area contributed by atoms with Crippen molar-refractivity contribution in [2.45, 2.75) is 0 Å². The van der Waals surface area contributed by atoms with Crippen LogP contribution in [0, 0.1) is 11.6 Å². The standard InChI is InChI=1S/C18H14F2N2/c19-17-9-12(16-8-6-14(22)10-18(16)20)3-7-15(17)11-1-4-13(21)5-2-11/h1-10H,21-22H2. The summed E-state index contributed by atoms with van der Waals surface area (Å²) in [5.41, 5.74) is 14.0. The van der Waals surface area contributed by atoms with E-state index in [-0.39, 0.29) is 0 Å². The molecule has 2 nitrogen and oxygen atoms in total. The first-order valence-corrected chi connectivity index (χ1v) is 6.75. The minimum atomic E-state index is -0.473. The highest BCUT2D eigenvalue weighted by molar-refractivity contribution is 5.72. The maximum absolute atomic E-state index is 14.4. The molecule has 0 atom stereocenters. The topological polar surface area (TPSA) is 52.0 Å². The maximum atomic E-state index is 14.4. The van der Waals surface area contributed by atoms with Crippen LogP contribution in [0.15, 0.2) is 60.7 Å². The smallest absolute Gasteiger partial charge is 0.133 e. The van der Waals surface area contributed by atoms with E-state index in [0.717, 1.165) is 5.56 Å². The average Bonchev–Trinajstić information content (AvgIpc) is 2.48. The molecule has 0 amide bonds. The van der Waals surface area contributed by atoms with Crippen LogP contribution in [0.2, 0.25) is 0 Å². The number of anilines is 2. The lowest BCUT2D eigenvalue weighted by Gasteiger charge is -2.08. The lowest BCUT2D eigenvalue weighted by molar-refractivity contribution is 0.627. The van der Waals surface area contributed by atoms with E-state index >= 15 is 0 Å². The molecule has 0 aromatic heterocycles. The van der Waals surface area contributed by atoms with E-state index in [4.69, 9.17) is 11.5 Å². The first-order chi connectivity index (χ1) is 10.5. The number of nitrogens with two attached hydrogens (primary N) is 2. The number of hydrogen-bond donors (Lipinski definition) is 2. The van der Waals surface area contributed by atoms with Crippen LogP contribution in [-0.4, -0.2) is 0 Å². The first-order valence-electron chi connectivity index (χ1n) is 6.75. The molecule has 0 aliphatic carbocycles. The molecule has 3 rings (SSSR count). The van der Waals surface area contributed by atoms with Crippen LogP contribution in [0.25, 0.3) is 22.3 Å². The van der Waals surface area contributed by atoms with Crippen LogP contribution in [0.1, 0.15) is 0 Å². The molecule has 0 saturated heterocycles. The Morgan fingerprint density at radius 2 is 1.05 bits per heavy atom. The highest BCUT2D eigenvalue weighted by Gasteiger charge is 2.10. The van der Waals surface area contributed by atoms with Crippen LogP contribution >= 0.6 is 0 Å². The van der Waals surface area contributed by atoms with Crippen LogP contribution in [0.3, 0.4) is 0 Å². The summed E-state index contributed by atoms with van der Waals surface area (Å²) in [6, 6.07) is 15.9. The summed E-state index contributed by atoms with van der Waals surface area (Å²) in [7, 11) is 0. The van der Waals surface area contributed by atoms with Gasteiger partial charge in [-0.2, -0.15) is 0 Å². The van der Waals surface area contributed by atoms with Crippen molar-refractivity contribution in [3.63, 3.8) is 0 Å². The van der Waals surface area contributed by atoms with Crippen LogP contribution < -0.4 is 11.5 Å². The van der Waals surface area contributed by atoms with Gasteiger partial charge in [-0.3, -0.25) is 0 Å². The highest BCUT2D eigenvalue weighted by atomic mass is 19.1. The van der Waals surface area contributed by atoms with Gasteiger partial charge in [-0.25, -0.2) is 8.78 Å². The van der Waals surface area contributed by atoms with Crippen molar-refractivity contribution in [3.8, 4) is 22.3 Å². The van der Waals surface area contributed by atoms with Crippen LogP contribution in [0.5, 0.6) is 0 Å². The molecule has 0 radical (unpaired) electrons. The molecule has 0 spiro atoms. The van der Waals surface area contributed by atoms with Crippen molar-refractivity contribution in [2.24, 2.45) is 0 Å². The Labute approximate surface area is 127 Å². The average molecular weight is 296 g/mol. The lowest BCUT2D eigenvalue weighted by atomic mass is 9.99. The molecule has 3 aromatic carbocycles. The van der Waals surface area contributed by atoms with E-state index in [1.54, 1.807) is 48.5 Å². The molecule has 4 N–H and O–H groups in total. The second-order valence-corrected chi connectivity index (χ2v) is 5.06. The summed E-state index contributed by atoms with van der Waals surface area (Å²) in [5, 5.41) is 0. The van der Waals surface area contributed by atoms with E-state index < -0.39 is 11.6 Å². The molecular formula is C18H14F2N2. The van der Waals surface area contributed by atoms with Gasteiger partial charge in [-0.15, -0.1) is 0 Å². The van der Waals surface area contributed by atoms with Gasteiger partial charge in [-0.1, -0.05) is 24.3 Å². The Hall–Kier alpha value is -2.88. The van der Waals surface area contributed by atoms with Crippen LogP contribution in [-0.2, 0) is 0 Å². The van der Waals surface area contributed by atoms with Crippen molar-refractivity contribution in [1.29, 1.82) is 0 Å². The molecule has 0 aliphatic heterocycles. The normalized spacial score (nSPS) is 10.6. The van der Waals surface area contributed by atoms with E-state index in [1.807, 2.05) is 0 Å². The molecule has 22 heavy (non-hydrogen) atoms.